The topological polar surface area (TPSA) is 30.5 Å². The molecule has 0 aromatic carbocycles. The maximum Gasteiger partial charge on any atom is 0.134 e. The molecule has 0 saturated heterocycles. The molecular formula is C4H13N2O2+. The first-order valence-corrected chi connectivity index (χ1v) is 2.37. The third kappa shape index (κ3) is 2.92. The molecule has 0 spiro atoms. The number of rotatable bonds is 3. The average Bonchev–Trinajstić information content (AvgIpc) is 1.67. The number of hydroxylamine groups is 5. The highest BCUT2D eigenvalue weighted by Crippen LogP contribution is 1.92. The average molecular weight is 121 g/mol. The van der Waals surface area contributed by atoms with Crippen molar-refractivity contribution in [2.24, 2.45) is 0 Å². The first-order valence-electron chi connectivity index (χ1n) is 2.37. The van der Waals surface area contributed by atoms with Gasteiger partial charge in [-0.1, -0.05) is 4.94 Å². The van der Waals surface area contributed by atoms with Gasteiger partial charge in [0.2, 0.25) is 0 Å². The molecule has 4 nitrogen and oxygen atoms in total. The fourth-order valence-electron chi connectivity index (χ4n) is 0.257. The van der Waals surface area contributed by atoms with E-state index < -0.39 is 0 Å². The van der Waals surface area contributed by atoms with E-state index in [1.54, 1.807) is 28.3 Å². The molecule has 0 radical (unpaired) electrons. The lowest BCUT2D eigenvalue weighted by Crippen LogP contribution is -2.41. The molecule has 50 valence electrons. The largest absolute Gasteiger partial charge is 0.170 e. The summed E-state index contributed by atoms with van der Waals surface area (Å²) >= 11 is 0. The van der Waals surface area contributed by atoms with Gasteiger partial charge < -0.3 is 0 Å². The van der Waals surface area contributed by atoms with E-state index in [2.05, 4.69) is 5.48 Å². The van der Waals surface area contributed by atoms with E-state index in [1.807, 2.05) is 0 Å². The van der Waals surface area contributed by atoms with Gasteiger partial charge in [0.25, 0.3) is 0 Å². The lowest BCUT2D eigenvalue weighted by molar-refractivity contribution is -1.23. The maximum absolute atomic E-state index is 4.84. The lowest BCUT2D eigenvalue weighted by atomic mass is 11.2. The monoisotopic (exact) mass is 121 g/mol. The summed E-state index contributed by atoms with van der Waals surface area (Å²) in [6.45, 7) is 0. The Morgan fingerprint density at radius 1 is 1.38 bits per heavy atom. The molecule has 0 fully saturated rings. The zero-order valence-corrected chi connectivity index (χ0v) is 5.76. The Morgan fingerprint density at radius 2 is 1.88 bits per heavy atom. The van der Waals surface area contributed by atoms with E-state index >= 15 is 0 Å². The van der Waals surface area contributed by atoms with E-state index in [0.717, 1.165) is 0 Å². The molecule has 0 aliphatic heterocycles. The predicted molar refractivity (Wildman–Crippen MR) is 29.3 cm³/mol. The maximum atomic E-state index is 4.84. The normalized spacial score (nSPS) is 12.0. The van der Waals surface area contributed by atoms with Crippen molar-refractivity contribution in [3.63, 3.8) is 0 Å². The quantitative estimate of drug-likeness (QED) is 0.410. The van der Waals surface area contributed by atoms with E-state index in [0.29, 0.717) is 0 Å². The summed E-state index contributed by atoms with van der Waals surface area (Å²) in [5.74, 6) is 0. The Morgan fingerprint density at radius 3 is 2.00 bits per heavy atom. The highest BCUT2D eigenvalue weighted by Gasteiger charge is 2.13. The van der Waals surface area contributed by atoms with Gasteiger partial charge in [0, 0.05) is 7.05 Å². The SMILES string of the molecule is CNO[N+](C)(C)OC. The third-order valence-electron chi connectivity index (χ3n) is 0.751. The van der Waals surface area contributed by atoms with Crippen LogP contribution in [0.2, 0.25) is 0 Å². The number of nitrogens with one attached hydrogen (secondary N) is 1. The Bertz CT molecular complexity index is 65.1. The molecule has 0 aliphatic rings. The number of hydrogen-bond donors (Lipinski definition) is 1. The van der Waals surface area contributed by atoms with Crippen molar-refractivity contribution >= 4 is 0 Å². The van der Waals surface area contributed by atoms with Gasteiger partial charge in [0.15, 0.2) is 0 Å². The molecule has 0 heterocycles. The van der Waals surface area contributed by atoms with Crippen LogP contribution < -0.4 is 5.48 Å². The molecule has 0 atom stereocenters. The highest BCUT2D eigenvalue weighted by molar-refractivity contribution is 3.77. The number of hydrogen-bond acceptors (Lipinski definition) is 3. The van der Waals surface area contributed by atoms with Crippen LogP contribution in [0.1, 0.15) is 0 Å². The van der Waals surface area contributed by atoms with Crippen molar-refractivity contribution < 1.29 is 14.6 Å². The summed E-state index contributed by atoms with van der Waals surface area (Å²) in [6.07, 6.45) is 0. The summed E-state index contributed by atoms with van der Waals surface area (Å²) in [5, 5.41) is 0. The van der Waals surface area contributed by atoms with Crippen LogP contribution in [0.5, 0.6) is 0 Å². The van der Waals surface area contributed by atoms with E-state index in [1.165, 1.54) is 0 Å². The highest BCUT2D eigenvalue weighted by atomic mass is 17.0. The molecule has 0 amide bonds. The molecule has 0 rings (SSSR count). The fraction of sp³-hybridized carbons (Fsp3) is 1.00. The lowest BCUT2D eigenvalue weighted by Gasteiger charge is -2.19. The first kappa shape index (κ1) is 7.84. The molecule has 0 unspecified atom stereocenters. The van der Waals surface area contributed by atoms with Crippen LogP contribution in [-0.2, 0) is 9.78 Å². The minimum absolute atomic E-state index is 0.0521. The van der Waals surface area contributed by atoms with Gasteiger partial charge in [-0.2, -0.15) is 4.84 Å². The van der Waals surface area contributed by atoms with E-state index in [4.69, 9.17) is 9.78 Å². The molecule has 0 aromatic heterocycles. The Kier molecular flexibility index (Phi) is 2.93. The van der Waals surface area contributed by atoms with Crippen molar-refractivity contribution in [1.29, 1.82) is 0 Å². The van der Waals surface area contributed by atoms with Crippen LogP contribution in [-0.4, -0.2) is 33.1 Å². The van der Waals surface area contributed by atoms with Gasteiger partial charge in [-0.3, -0.25) is 0 Å². The minimum Gasteiger partial charge on any atom is -0.170 e. The molecule has 0 aromatic rings. The standard InChI is InChI=1S/C4H13N2O2/c1-5-8-6(2,3)7-4/h5H,1-4H3/q+1. The third-order valence-corrected chi connectivity index (χ3v) is 0.751. The summed E-state index contributed by atoms with van der Waals surface area (Å²) in [6, 6.07) is 0. The van der Waals surface area contributed by atoms with Gasteiger partial charge in [-0.05, 0) is 4.81 Å². The molecule has 8 heavy (non-hydrogen) atoms. The summed E-state index contributed by atoms with van der Waals surface area (Å²) in [5.41, 5.74) is 2.51. The van der Waals surface area contributed by atoms with Gasteiger partial charge >= 0.3 is 0 Å². The van der Waals surface area contributed by atoms with Crippen LogP contribution in [0.25, 0.3) is 0 Å². The van der Waals surface area contributed by atoms with E-state index in [9.17, 15) is 0 Å². The Hall–Kier alpha value is -0.160. The van der Waals surface area contributed by atoms with Crippen molar-refractivity contribution in [2.75, 3.05) is 28.3 Å². The van der Waals surface area contributed by atoms with Crippen molar-refractivity contribution in [3.05, 3.63) is 0 Å². The van der Waals surface area contributed by atoms with E-state index in [-0.39, 0.29) is 4.81 Å². The summed E-state index contributed by atoms with van der Waals surface area (Å²) in [7, 11) is 6.77. The van der Waals surface area contributed by atoms with Gasteiger partial charge in [0.1, 0.15) is 14.1 Å². The number of nitrogens with zero attached hydrogens (tertiary/aromatic N) is 1. The fourth-order valence-corrected chi connectivity index (χ4v) is 0.257. The second-order valence-corrected chi connectivity index (χ2v) is 1.73. The molecule has 1 N–H and O–H groups in total. The van der Waals surface area contributed by atoms with Gasteiger partial charge in [-0.15, -0.1) is 5.48 Å². The predicted octanol–water partition coefficient (Wildman–Crippen LogP) is -0.310. The van der Waals surface area contributed by atoms with Crippen LogP contribution in [0.3, 0.4) is 0 Å². The van der Waals surface area contributed by atoms with Crippen molar-refractivity contribution in [1.82, 2.24) is 5.48 Å². The van der Waals surface area contributed by atoms with Crippen LogP contribution in [0, 0.1) is 0 Å². The molecular weight excluding hydrogens is 108 g/mol. The van der Waals surface area contributed by atoms with Gasteiger partial charge in [0.05, 0.1) is 7.11 Å². The minimum atomic E-state index is 0.0521. The molecule has 0 aliphatic carbocycles. The van der Waals surface area contributed by atoms with Crippen LogP contribution >= 0.6 is 0 Å². The Labute approximate surface area is 49.4 Å². The molecule has 4 heteroatoms. The zero-order chi connectivity index (χ0) is 6.62. The second kappa shape index (κ2) is 2.99. The number of quaternary nitrogens is 1. The van der Waals surface area contributed by atoms with Crippen molar-refractivity contribution in [3.8, 4) is 0 Å². The second-order valence-electron chi connectivity index (χ2n) is 1.73. The first-order chi connectivity index (χ1) is 3.62. The molecule has 0 saturated carbocycles. The smallest absolute Gasteiger partial charge is 0.134 e. The summed E-state index contributed by atoms with van der Waals surface area (Å²) < 4.78 is 0. The van der Waals surface area contributed by atoms with Crippen molar-refractivity contribution in [2.45, 2.75) is 0 Å². The summed E-state index contributed by atoms with van der Waals surface area (Å²) in [4.78, 5) is 9.73. The van der Waals surface area contributed by atoms with Crippen LogP contribution in [0.4, 0.5) is 0 Å². The van der Waals surface area contributed by atoms with Crippen LogP contribution in [0.15, 0.2) is 0 Å². The molecule has 0 bridgehead atoms. The Balaban J connectivity index is 3.37. The van der Waals surface area contributed by atoms with Gasteiger partial charge in [-0.25, -0.2) is 0 Å². The zero-order valence-electron chi connectivity index (χ0n) is 5.76.